The molecular formula is C27H36Br2O4. The Labute approximate surface area is 214 Å². The van der Waals surface area contributed by atoms with Gasteiger partial charge in [-0.2, -0.15) is 0 Å². The van der Waals surface area contributed by atoms with Crippen LogP contribution in [0.15, 0.2) is 30.0 Å². The lowest BCUT2D eigenvalue weighted by Crippen LogP contribution is -2.52. The van der Waals surface area contributed by atoms with Gasteiger partial charge in [-0.1, -0.05) is 52.6 Å². The van der Waals surface area contributed by atoms with E-state index in [0.29, 0.717) is 15.2 Å². The number of carboxylic acid groups (broad SMARTS) is 1. The van der Waals surface area contributed by atoms with Gasteiger partial charge in [-0.15, -0.1) is 0 Å². The van der Waals surface area contributed by atoms with Crippen LogP contribution in [0.4, 0.5) is 0 Å². The van der Waals surface area contributed by atoms with Gasteiger partial charge in [0.25, 0.3) is 0 Å². The highest BCUT2D eigenvalue weighted by atomic mass is 79.9. The normalized spacial score (nSPS) is 37.7. The van der Waals surface area contributed by atoms with Gasteiger partial charge in [-0.25, -0.2) is 4.79 Å². The van der Waals surface area contributed by atoms with Crippen LogP contribution >= 0.6 is 31.9 Å². The minimum absolute atomic E-state index is 0.00279. The molecule has 182 valence electrons. The van der Waals surface area contributed by atoms with Gasteiger partial charge in [0.2, 0.25) is 0 Å². The van der Waals surface area contributed by atoms with Gasteiger partial charge < -0.3 is 14.9 Å². The molecule has 6 unspecified atom stereocenters. The lowest BCUT2D eigenvalue weighted by atomic mass is 9.56. The first-order valence-corrected chi connectivity index (χ1v) is 13.9. The summed E-state index contributed by atoms with van der Waals surface area (Å²) in [5.41, 5.74) is 1.88. The first kappa shape index (κ1) is 25.2. The monoisotopic (exact) mass is 582 g/mol. The second-order valence-electron chi connectivity index (χ2n) is 11.5. The summed E-state index contributed by atoms with van der Waals surface area (Å²) in [4.78, 5) is 12.3. The van der Waals surface area contributed by atoms with Crippen LogP contribution in [0.25, 0.3) is 0 Å². The molecule has 1 heterocycles. The number of rotatable bonds is 4. The van der Waals surface area contributed by atoms with E-state index in [0.717, 1.165) is 56.3 Å². The Hall–Kier alpha value is -0.850. The van der Waals surface area contributed by atoms with Crippen molar-refractivity contribution in [3.05, 3.63) is 41.2 Å². The maximum absolute atomic E-state index is 11.6. The van der Waals surface area contributed by atoms with Crippen LogP contribution in [0.3, 0.4) is 0 Å². The molecule has 2 aliphatic carbocycles. The zero-order chi connectivity index (χ0) is 24.2. The highest BCUT2D eigenvalue weighted by Crippen LogP contribution is 2.57. The van der Waals surface area contributed by atoms with Crippen molar-refractivity contribution in [1.82, 2.24) is 0 Å². The molecule has 2 fully saturated rings. The minimum Gasteiger partial charge on any atom is -0.478 e. The quantitative estimate of drug-likeness (QED) is 0.370. The fraction of sp³-hybridized carbons (Fsp3) is 0.667. The van der Waals surface area contributed by atoms with Gasteiger partial charge in [0.05, 0.1) is 17.4 Å². The summed E-state index contributed by atoms with van der Waals surface area (Å²) in [5.74, 6) is 0.305. The average molecular weight is 584 g/mol. The van der Waals surface area contributed by atoms with Crippen molar-refractivity contribution < 1.29 is 19.7 Å². The van der Waals surface area contributed by atoms with E-state index in [4.69, 9.17) is 4.74 Å². The van der Waals surface area contributed by atoms with E-state index in [1.54, 1.807) is 18.2 Å². The summed E-state index contributed by atoms with van der Waals surface area (Å²) in [5, 5.41) is 20.8. The van der Waals surface area contributed by atoms with E-state index in [9.17, 15) is 15.0 Å². The van der Waals surface area contributed by atoms with Gasteiger partial charge >= 0.3 is 5.97 Å². The Kier molecular flexibility index (Phi) is 6.87. The molecule has 33 heavy (non-hydrogen) atoms. The van der Waals surface area contributed by atoms with Crippen molar-refractivity contribution in [2.24, 2.45) is 22.7 Å². The third-order valence-corrected chi connectivity index (χ3v) is 12.2. The molecule has 6 atom stereocenters. The van der Waals surface area contributed by atoms with Crippen molar-refractivity contribution >= 4 is 37.8 Å². The lowest BCUT2D eigenvalue weighted by Gasteiger charge is -2.53. The van der Waals surface area contributed by atoms with E-state index >= 15 is 0 Å². The number of benzene rings is 1. The maximum atomic E-state index is 11.6. The van der Waals surface area contributed by atoms with Crippen LogP contribution in [0.2, 0.25) is 0 Å². The standard InChI is InChI=1S/C27H36Br2O4/c1-25(2)21(27(4,32)12-10-22(25)28)9-11-26(3)19-14-18-13-16(24(30)31)5-7-20(18)33-15-17(19)6-8-23(26)29/h5,7,13,15,19,21-23,32H,6,8-12,14H2,1-4H3,(H,30,31). The fourth-order valence-corrected chi connectivity index (χ4v) is 8.07. The summed E-state index contributed by atoms with van der Waals surface area (Å²) in [6, 6.07) is 5.18. The van der Waals surface area contributed by atoms with Gasteiger partial charge in [0.15, 0.2) is 0 Å². The fourth-order valence-electron chi connectivity index (χ4n) is 6.74. The van der Waals surface area contributed by atoms with E-state index in [1.165, 1.54) is 5.57 Å². The number of hydrogen-bond donors (Lipinski definition) is 2. The van der Waals surface area contributed by atoms with Crippen molar-refractivity contribution in [3.63, 3.8) is 0 Å². The van der Waals surface area contributed by atoms with Crippen LogP contribution in [0.1, 0.15) is 82.1 Å². The van der Waals surface area contributed by atoms with Crippen molar-refractivity contribution in [1.29, 1.82) is 0 Å². The van der Waals surface area contributed by atoms with Crippen LogP contribution in [-0.4, -0.2) is 31.4 Å². The van der Waals surface area contributed by atoms with Gasteiger partial charge in [0.1, 0.15) is 5.75 Å². The second-order valence-corrected chi connectivity index (χ2v) is 13.7. The van der Waals surface area contributed by atoms with E-state index < -0.39 is 11.6 Å². The molecule has 4 nitrogen and oxygen atoms in total. The van der Waals surface area contributed by atoms with E-state index in [-0.39, 0.29) is 22.7 Å². The van der Waals surface area contributed by atoms with Crippen LogP contribution in [0.5, 0.6) is 5.75 Å². The Morgan fingerprint density at radius 1 is 1.15 bits per heavy atom. The Morgan fingerprint density at radius 2 is 1.88 bits per heavy atom. The Morgan fingerprint density at radius 3 is 2.58 bits per heavy atom. The number of aliphatic hydroxyl groups is 1. The molecule has 0 spiro atoms. The number of hydrogen-bond acceptors (Lipinski definition) is 3. The largest absolute Gasteiger partial charge is 0.478 e. The molecular weight excluding hydrogens is 548 g/mol. The molecule has 0 amide bonds. The number of carbonyl (C=O) groups is 1. The number of aromatic carboxylic acids is 1. The van der Waals surface area contributed by atoms with Crippen molar-refractivity contribution in [2.75, 3.05) is 0 Å². The number of halogens is 2. The molecule has 2 saturated carbocycles. The molecule has 0 bridgehead atoms. The summed E-state index contributed by atoms with van der Waals surface area (Å²) < 4.78 is 6.04. The first-order valence-electron chi connectivity index (χ1n) is 12.1. The Balaban J connectivity index is 1.64. The van der Waals surface area contributed by atoms with Gasteiger partial charge in [0, 0.05) is 9.65 Å². The molecule has 0 saturated heterocycles. The second kappa shape index (κ2) is 8.98. The molecule has 0 aromatic heterocycles. The summed E-state index contributed by atoms with van der Waals surface area (Å²) in [7, 11) is 0. The van der Waals surface area contributed by atoms with Crippen molar-refractivity contribution in [3.8, 4) is 5.75 Å². The van der Waals surface area contributed by atoms with Gasteiger partial charge in [-0.05, 0) is 104 Å². The molecule has 0 radical (unpaired) electrons. The number of ether oxygens (including phenoxy) is 1. The van der Waals surface area contributed by atoms with E-state index in [1.807, 2.05) is 13.2 Å². The summed E-state index contributed by atoms with van der Waals surface area (Å²) in [6.07, 6.45) is 8.46. The zero-order valence-electron chi connectivity index (χ0n) is 20.0. The maximum Gasteiger partial charge on any atom is 0.335 e. The highest BCUT2D eigenvalue weighted by Gasteiger charge is 2.52. The minimum atomic E-state index is -0.911. The average Bonchev–Trinajstić information content (AvgIpc) is 2.93. The van der Waals surface area contributed by atoms with Crippen molar-refractivity contribution in [2.45, 2.75) is 87.9 Å². The SMILES string of the molecule is CC1(O)CCC(Br)C(C)(C)C1CCC1(C)C(Br)CCC2=COc3ccc(C(=O)O)cc3CC21. The predicted octanol–water partition coefficient (Wildman–Crippen LogP) is 7.11. The molecule has 2 N–H and O–H groups in total. The highest BCUT2D eigenvalue weighted by molar-refractivity contribution is 9.09. The third-order valence-electron chi connectivity index (χ3n) is 9.05. The van der Waals surface area contributed by atoms with Crippen LogP contribution in [-0.2, 0) is 6.42 Å². The zero-order valence-corrected chi connectivity index (χ0v) is 23.2. The molecule has 1 aliphatic heterocycles. The molecule has 6 heteroatoms. The van der Waals surface area contributed by atoms with E-state index in [2.05, 4.69) is 52.6 Å². The number of alkyl halides is 2. The number of allylic oxidation sites excluding steroid dienone is 1. The molecule has 4 rings (SSSR count). The molecule has 3 aliphatic rings. The smallest absolute Gasteiger partial charge is 0.335 e. The third kappa shape index (κ3) is 4.56. The first-order chi connectivity index (χ1) is 15.4. The topological polar surface area (TPSA) is 66.8 Å². The lowest BCUT2D eigenvalue weighted by molar-refractivity contribution is -0.0932. The summed E-state index contributed by atoms with van der Waals surface area (Å²) >= 11 is 7.94. The predicted molar refractivity (Wildman–Crippen MR) is 138 cm³/mol. The number of carboxylic acids is 1. The summed E-state index contributed by atoms with van der Waals surface area (Å²) in [6.45, 7) is 8.95. The Bertz CT molecular complexity index is 953. The number of fused-ring (bicyclic) bond motifs is 2. The van der Waals surface area contributed by atoms with Crippen LogP contribution < -0.4 is 4.74 Å². The van der Waals surface area contributed by atoms with Crippen LogP contribution in [0, 0.1) is 22.7 Å². The van der Waals surface area contributed by atoms with Gasteiger partial charge in [-0.3, -0.25) is 0 Å². The molecule has 1 aromatic carbocycles. The molecule has 1 aromatic rings.